The normalized spacial score (nSPS) is 24.3. The molecule has 0 aliphatic heterocycles. The quantitative estimate of drug-likeness (QED) is 0.193. The predicted octanol–water partition coefficient (Wildman–Crippen LogP) is 1.68. The van der Waals surface area contributed by atoms with E-state index in [1.54, 1.807) is 0 Å². The van der Waals surface area contributed by atoms with Crippen molar-refractivity contribution in [2.75, 3.05) is 12.4 Å². The third kappa shape index (κ3) is 4.02. The lowest BCUT2D eigenvalue weighted by Crippen LogP contribution is -2.59. The zero-order chi connectivity index (χ0) is 25.5. The molecule has 3 N–H and O–H groups in total. The fourth-order valence-electron chi connectivity index (χ4n) is 3.48. The number of hydrogen-bond donors (Lipinski definition) is 2. The first-order chi connectivity index (χ1) is 15.1. The molecule has 0 radical (unpaired) electrons. The second-order valence-corrected chi connectivity index (χ2v) is 7.93. The van der Waals surface area contributed by atoms with Gasteiger partial charge in [-0.2, -0.15) is 13.2 Å². The first-order valence-corrected chi connectivity index (χ1v) is 9.43. The number of rotatable bonds is 7. The number of aldehydes is 1. The lowest BCUT2D eigenvalue weighted by molar-refractivity contribution is -0.161. The molecule has 33 heavy (non-hydrogen) atoms. The summed E-state index contributed by atoms with van der Waals surface area (Å²) in [6.07, 6.45) is -3.39. The predicted molar refractivity (Wildman–Crippen MR) is 109 cm³/mol. The minimum Gasteiger partial charge on any atom is -0.479 e. The fourth-order valence-corrected chi connectivity index (χ4v) is 3.93. The van der Waals surface area contributed by atoms with Crippen LogP contribution in [0.15, 0.2) is 45.8 Å². The van der Waals surface area contributed by atoms with Gasteiger partial charge in [-0.3, -0.25) is 4.79 Å². The van der Waals surface area contributed by atoms with E-state index in [0.29, 0.717) is 6.08 Å². The Kier molecular flexibility index (Phi) is 6.82. The average Bonchev–Trinajstić information content (AvgIpc) is 2.70. The number of aromatic nitrogens is 2. The molecule has 3 unspecified atom stereocenters. The van der Waals surface area contributed by atoms with Gasteiger partial charge in [0, 0.05) is 17.6 Å². The summed E-state index contributed by atoms with van der Waals surface area (Å²) in [6.45, 7) is 5.08. The third-order valence-electron chi connectivity index (χ3n) is 5.08. The van der Waals surface area contributed by atoms with Crippen LogP contribution in [0.4, 0.5) is 17.6 Å². The van der Waals surface area contributed by atoms with Gasteiger partial charge in [0.25, 0.3) is 5.56 Å². The summed E-state index contributed by atoms with van der Waals surface area (Å²) < 4.78 is 59.7. The smallest absolute Gasteiger partial charge is 0.433 e. The Labute approximate surface area is 188 Å². The van der Waals surface area contributed by atoms with Gasteiger partial charge in [0.05, 0.1) is 12.3 Å². The summed E-state index contributed by atoms with van der Waals surface area (Å²) in [6, 6.07) is -0.0696. The second kappa shape index (κ2) is 8.63. The van der Waals surface area contributed by atoms with Crippen molar-refractivity contribution >= 4 is 29.6 Å². The van der Waals surface area contributed by atoms with Crippen molar-refractivity contribution in [3.63, 3.8) is 0 Å². The molecule has 0 spiro atoms. The zero-order valence-corrected chi connectivity index (χ0v) is 17.9. The van der Waals surface area contributed by atoms with Crippen LogP contribution >= 0.6 is 11.6 Å². The molecule has 1 heterocycles. The van der Waals surface area contributed by atoms with Crippen molar-refractivity contribution in [3.05, 3.63) is 62.7 Å². The highest BCUT2D eigenvalue weighted by atomic mass is 35.5. The van der Waals surface area contributed by atoms with Crippen molar-refractivity contribution in [1.82, 2.24) is 9.24 Å². The summed E-state index contributed by atoms with van der Waals surface area (Å²) in [5.41, 5.74) is -9.81. The van der Waals surface area contributed by atoms with Crippen molar-refractivity contribution in [3.8, 4) is 0 Å². The van der Waals surface area contributed by atoms with Gasteiger partial charge in [-0.25, -0.2) is 23.2 Å². The van der Waals surface area contributed by atoms with Crippen LogP contribution in [0.5, 0.6) is 0 Å². The van der Waals surface area contributed by atoms with Crippen LogP contribution in [-0.4, -0.2) is 43.7 Å². The van der Waals surface area contributed by atoms with Crippen LogP contribution in [0.1, 0.15) is 19.5 Å². The monoisotopic (exact) mass is 495 g/mol. The summed E-state index contributed by atoms with van der Waals surface area (Å²) in [5.74, 6) is 0.501. The summed E-state index contributed by atoms with van der Waals surface area (Å²) in [5, 5.41) is 9.95. The molecule has 14 heteroatoms. The van der Waals surface area contributed by atoms with Crippen LogP contribution in [0.2, 0.25) is 0 Å². The molecule has 0 amide bonds. The Morgan fingerprint density at radius 3 is 2.45 bits per heavy atom. The highest BCUT2D eigenvalue weighted by Crippen LogP contribution is 2.50. The average molecular weight is 496 g/mol. The van der Waals surface area contributed by atoms with Crippen LogP contribution in [0.3, 0.4) is 0 Å². The van der Waals surface area contributed by atoms with Gasteiger partial charge in [-0.1, -0.05) is 13.0 Å². The number of aliphatic carboxylic acids is 1. The van der Waals surface area contributed by atoms with Crippen LogP contribution in [0.25, 0.3) is 5.70 Å². The zero-order valence-electron chi connectivity index (χ0n) is 17.2. The number of nitrogens with two attached hydrogens (primary N) is 1. The molecule has 9 nitrogen and oxygen atoms in total. The summed E-state index contributed by atoms with van der Waals surface area (Å²) in [4.78, 5) is 46.5. The highest BCUT2D eigenvalue weighted by molar-refractivity contribution is 6.29. The highest BCUT2D eigenvalue weighted by Gasteiger charge is 2.60. The number of carboxylic acid groups (broad SMARTS) is 1. The van der Waals surface area contributed by atoms with Crippen molar-refractivity contribution < 1.29 is 37.0 Å². The third-order valence-corrected chi connectivity index (χ3v) is 5.56. The number of nitrogen functional groups attached to an aromatic ring is 1. The van der Waals surface area contributed by atoms with Crippen molar-refractivity contribution in [1.29, 1.82) is 0 Å². The maximum absolute atomic E-state index is 15.6. The molecule has 1 aliphatic rings. The van der Waals surface area contributed by atoms with E-state index >= 15 is 4.39 Å². The van der Waals surface area contributed by atoms with Gasteiger partial charge in [-0.15, -0.1) is 18.2 Å². The molecule has 0 aromatic carbocycles. The van der Waals surface area contributed by atoms with E-state index < -0.39 is 73.9 Å². The minimum atomic E-state index is -5.20. The fraction of sp³-hybridized carbons (Fsp3) is 0.368. The first-order valence-electron chi connectivity index (χ1n) is 9.06. The van der Waals surface area contributed by atoms with E-state index in [2.05, 4.69) is 6.58 Å². The number of nitrogens with zero attached hydrogens (tertiary/aromatic N) is 2. The Morgan fingerprint density at radius 1 is 1.42 bits per heavy atom. The molecule has 0 saturated carbocycles. The van der Waals surface area contributed by atoms with Crippen LogP contribution in [0, 0.1) is 5.92 Å². The van der Waals surface area contributed by atoms with Crippen molar-refractivity contribution in [2.24, 2.45) is 5.92 Å². The van der Waals surface area contributed by atoms with Crippen LogP contribution < -0.4 is 17.1 Å². The number of alkyl halides is 4. The number of halogens is 5. The maximum atomic E-state index is 15.6. The lowest BCUT2D eigenvalue weighted by Gasteiger charge is -2.44. The molecule has 2 rings (SSSR count). The number of carbonyl (C=O) groups is 2. The summed E-state index contributed by atoms with van der Waals surface area (Å²) in [7, 11) is 0. The number of hydrogen-bond acceptors (Lipinski definition) is 6. The van der Waals surface area contributed by atoms with E-state index in [9.17, 15) is 37.5 Å². The molecule has 0 bridgehead atoms. The molecule has 1 aliphatic carbocycles. The van der Waals surface area contributed by atoms with Crippen molar-refractivity contribution in [2.45, 2.75) is 30.5 Å². The standard InChI is InChI=1S/C19H18ClF4N3O6/c1-4-5-33-18(15(30)31)7-10(14(21)13(9(2)8-28)17(18,3)20)26-12(29)6-11(19(22,23)24)27(25)16(26)32/h4,6-9H,1,5,25H2,2-3H3,(H,30,31). The minimum absolute atomic E-state index is 0.0696. The molecular formula is C19H18ClF4N3O6. The van der Waals surface area contributed by atoms with Crippen LogP contribution in [-0.2, 0) is 20.5 Å². The van der Waals surface area contributed by atoms with Gasteiger partial charge in [0.1, 0.15) is 17.0 Å². The van der Waals surface area contributed by atoms with E-state index in [1.165, 1.54) is 0 Å². The lowest BCUT2D eigenvalue weighted by atomic mass is 9.73. The van der Waals surface area contributed by atoms with Gasteiger partial charge in [0.2, 0.25) is 5.60 Å². The molecule has 180 valence electrons. The summed E-state index contributed by atoms with van der Waals surface area (Å²) >= 11 is 6.42. The number of allylic oxidation sites excluding steroid dienone is 2. The maximum Gasteiger partial charge on any atom is 0.433 e. The Bertz CT molecular complexity index is 1200. The second-order valence-electron chi connectivity index (χ2n) is 7.18. The largest absolute Gasteiger partial charge is 0.479 e. The topological polar surface area (TPSA) is 134 Å². The Morgan fingerprint density at radius 2 is 2.00 bits per heavy atom. The molecule has 3 atom stereocenters. The van der Waals surface area contributed by atoms with Gasteiger partial charge < -0.3 is 20.5 Å². The number of carbonyl (C=O) groups excluding carboxylic acids is 1. The van der Waals surface area contributed by atoms with Gasteiger partial charge >= 0.3 is 17.8 Å². The molecule has 0 fully saturated rings. The van der Waals surface area contributed by atoms with Gasteiger partial charge in [-0.05, 0) is 13.0 Å². The van der Waals surface area contributed by atoms with E-state index in [0.717, 1.165) is 19.9 Å². The van der Waals surface area contributed by atoms with E-state index in [4.69, 9.17) is 22.2 Å². The SMILES string of the molecule is C=CCOC1(C(=O)O)C=C(n2c(=O)cc(C(F)(F)F)n(N)c2=O)C(F)=C(C(C)C=O)C1(C)Cl. The Hall–Kier alpha value is -3.19. The first kappa shape index (κ1) is 26.1. The Balaban J connectivity index is 3.07. The number of ether oxygens (including phenoxy) is 1. The van der Waals surface area contributed by atoms with E-state index in [1.807, 2.05) is 0 Å². The molecule has 0 saturated heterocycles. The van der Waals surface area contributed by atoms with E-state index in [-0.39, 0.29) is 16.9 Å². The molecule has 1 aromatic rings. The number of carboxylic acids is 1. The molecular weight excluding hydrogens is 478 g/mol. The molecule has 1 aromatic heterocycles. The van der Waals surface area contributed by atoms with Gasteiger partial charge in [0.15, 0.2) is 5.69 Å².